The molecule has 0 unspecified atom stereocenters. The van der Waals surface area contributed by atoms with E-state index in [9.17, 15) is 0 Å². The summed E-state index contributed by atoms with van der Waals surface area (Å²) in [5.41, 5.74) is 5.60. The van der Waals surface area contributed by atoms with E-state index in [1.54, 1.807) is 0 Å². The smallest absolute Gasteiger partial charge is 0.0105 e. The molecular weight excluding hydrogens is 220 g/mol. The topological polar surface area (TPSA) is 29.3 Å². The Morgan fingerprint density at radius 2 is 1.61 bits per heavy atom. The van der Waals surface area contributed by atoms with E-state index in [4.69, 9.17) is 5.73 Å². The molecule has 1 fully saturated rings. The number of hydrogen-bond acceptors (Lipinski definition) is 2. The van der Waals surface area contributed by atoms with Crippen LogP contribution in [0.4, 0.5) is 0 Å². The highest BCUT2D eigenvalue weighted by molar-refractivity contribution is 5.19. The van der Waals surface area contributed by atoms with Gasteiger partial charge in [0.1, 0.15) is 0 Å². The predicted octanol–water partition coefficient (Wildman–Crippen LogP) is 2.74. The summed E-state index contributed by atoms with van der Waals surface area (Å²) in [6, 6.07) is 0. The third-order valence-electron chi connectivity index (χ3n) is 4.11. The second kappa shape index (κ2) is 7.55. The highest BCUT2D eigenvalue weighted by atomic mass is 15.1. The molecule has 2 rings (SSSR count). The molecule has 0 spiro atoms. The van der Waals surface area contributed by atoms with E-state index in [1.165, 1.54) is 38.8 Å². The summed E-state index contributed by atoms with van der Waals surface area (Å²) in [5.74, 6) is 1.57. The van der Waals surface area contributed by atoms with E-state index in [1.807, 2.05) is 0 Å². The predicted molar refractivity (Wildman–Crippen MR) is 78.4 cm³/mol. The van der Waals surface area contributed by atoms with Gasteiger partial charge < -0.3 is 10.6 Å². The summed E-state index contributed by atoms with van der Waals surface area (Å²) < 4.78 is 0. The van der Waals surface area contributed by atoms with Crippen LogP contribution in [0.3, 0.4) is 0 Å². The van der Waals surface area contributed by atoms with Gasteiger partial charge in [-0.3, -0.25) is 0 Å². The van der Waals surface area contributed by atoms with Crippen molar-refractivity contribution in [2.24, 2.45) is 17.6 Å². The molecule has 1 aliphatic carbocycles. The Bertz CT molecular complexity index is 293. The van der Waals surface area contributed by atoms with Crippen molar-refractivity contribution in [3.63, 3.8) is 0 Å². The van der Waals surface area contributed by atoms with Crippen LogP contribution in [0.1, 0.15) is 25.7 Å². The average Bonchev–Trinajstić information content (AvgIpc) is 2.67. The Morgan fingerprint density at radius 1 is 0.944 bits per heavy atom. The van der Waals surface area contributed by atoms with Gasteiger partial charge in [0, 0.05) is 13.1 Å². The SMILES string of the molecule is NCCN1CCC(CCC2C=CC=CC=C2)CC1. The van der Waals surface area contributed by atoms with E-state index >= 15 is 0 Å². The van der Waals surface area contributed by atoms with Crippen LogP contribution in [0.5, 0.6) is 0 Å². The number of allylic oxidation sites excluding steroid dienone is 6. The van der Waals surface area contributed by atoms with Gasteiger partial charge in [-0.25, -0.2) is 0 Å². The average molecular weight is 246 g/mol. The van der Waals surface area contributed by atoms with Gasteiger partial charge in [0.15, 0.2) is 0 Å². The highest BCUT2D eigenvalue weighted by Gasteiger charge is 2.18. The van der Waals surface area contributed by atoms with Crippen LogP contribution < -0.4 is 5.73 Å². The molecule has 0 amide bonds. The standard InChI is InChI=1S/C16H26N2/c17-11-14-18-12-9-16(10-13-18)8-7-15-5-3-1-2-4-6-15/h1-6,15-16H,7-14,17H2. The first-order valence-corrected chi connectivity index (χ1v) is 7.32. The van der Waals surface area contributed by atoms with Gasteiger partial charge in [-0.2, -0.15) is 0 Å². The molecule has 1 heterocycles. The molecule has 0 atom stereocenters. The molecule has 0 bridgehead atoms. The molecule has 1 aliphatic heterocycles. The largest absolute Gasteiger partial charge is 0.329 e. The molecule has 2 aliphatic rings. The summed E-state index contributed by atoms with van der Waals surface area (Å²) >= 11 is 0. The second-order valence-corrected chi connectivity index (χ2v) is 5.47. The third kappa shape index (κ3) is 4.43. The lowest BCUT2D eigenvalue weighted by molar-refractivity contribution is 0.180. The number of nitrogens with two attached hydrogens (primary N) is 1. The summed E-state index contributed by atoms with van der Waals surface area (Å²) in [5, 5.41) is 0. The van der Waals surface area contributed by atoms with Crippen LogP contribution in [0.25, 0.3) is 0 Å². The van der Waals surface area contributed by atoms with Gasteiger partial charge in [-0.05, 0) is 50.6 Å². The fourth-order valence-electron chi connectivity index (χ4n) is 2.91. The molecule has 0 radical (unpaired) electrons. The minimum absolute atomic E-state index is 0.641. The Hall–Kier alpha value is -0.860. The van der Waals surface area contributed by atoms with Crippen molar-refractivity contribution in [2.75, 3.05) is 26.2 Å². The molecule has 0 aromatic heterocycles. The van der Waals surface area contributed by atoms with E-state index in [0.717, 1.165) is 19.0 Å². The maximum Gasteiger partial charge on any atom is 0.0105 e. The van der Waals surface area contributed by atoms with E-state index < -0.39 is 0 Å². The second-order valence-electron chi connectivity index (χ2n) is 5.47. The Labute approximate surface area is 111 Å². The molecule has 0 saturated carbocycles. The minimum atomic E-state index is 0.641. The van der Waals surface area contributed by atoms with Gasteiger partial charge >= 0.3 is 0 Å². The van der Waals surface area contributed by atoms with Crippen molar-refractivity contribution < 1.29 is 0 Å². The molecule has 0 aromatic rings. The van der Waals surface area contributed by atoms with Crippen molar-refractivity contribution in [3.05, 3.63) is 36.5 Å². The normalized spacial score (nSPS) is 22.5. The summed E-state index contributed by atoms with van der Waals surface area (Å²) in [6.07, 6.45) is 18.6. The van der Waals surface area contributed by atoms with Crippen LogP contribution >= 0.6 is 0 Å². The molecule has 2 N–H and O–H groups in total. The fourth-order valence-corrected chi connectivity index (χ4v) is 2.91. The number of hydrogen-bond donors (Lipinski definition) is 1. The van der Waals surface area contributed by atoms with E-state index in [2.05, 4.69) is 41.4 Å². The molecule has 18 heavy (non-hydrogen) atoms. The lowest BCUT2D eigenvalue weighted by Crippen LogP contribution is -2.37. The lowest BCUT2D eigenvalue weighted by Gasteiger charge is -2.31. The van der Waals surface area contributed by atoms with Crippen molar-refractivity contribution in [3.8, 4) is 0 Å². The Morgan fingerprint density at radius 3 is 2.22 bits per heavy atom. The maximum absolute atomic E-state index is 5.60. The fraction of sp³-hybridized carbons (Fsp3) is 0.625. The third-order valence-corrected chi connectivity index (χ3v) is 4.11. The summed E-state index contributed by atoms with van der Waals surface area (Å²) in [4.78, 5) is 2.51. The van der Waals surface area contributed by atoms with Crippen LogP contribution in [0.15, 0.2) is 36.5 Å². The molecular formula is C16H26N2. The minimum Gasteiger partial charge on any atom is -0.329 e. The first-order valence-electron chi connectivity index (χ1n) is 7.32. The molecule has 2 heteroatoms. The van der Waals surface area contributed by atoms with Gasteiger partial charge in [0.2, 0.25) is 0 Å². The van der Waals surface area contributed by atoms with Crippen LogP contribution in [0, 0.1) is 11.8 Å². The molecule has 2 nitrogen and oxygen atoms in total. The van der Waals surface area contributed by atoms with Crippen molar-refractivity contribution >= 4 is 0 Å². The van der Waals surface area contributed by atoms with Crippen molar-refractivity contribution in [2.45, 2.75) is 25.7 Å². The summed E-state index contributed by atoms with van der Waals surface area (Å²) in [7, 11) is 0. The number of rotatable bonds is 5. The molecule has 1 saturated heterocycles. The maximum atomic E-state index is 5.60. The monoisotopic (exact) mass is 246 g/mol. The number of likely N-dealkylation sites (tertiary alicyclic amines) is 1. The summed E-state index contributed by atoms with van der Waals surface area (Å²) in [6.45, 7) is 4.38. The molecule has 100 valence electrons. The first kappa shape index (κ1) is 13.6. The zero-order chi connectivity index (χ0) is 12.6. The number of piperidine rings is 1. The zero-order valence-corrected chi connectivity index (χ0v) is 11.3. The van der Waals surface area contributed by atoms with Crippen LogP contribution in [0.2, 0.25) is 0 Å². The molecule has 0 aromatic carbocycles. The van der Waals surface area contributed by atoms with Gasteiger partial charge in [-0.15, -0.1) is 0 Å². The Balaban J connectivity index is 1.66. The quantitative estimate of drug-likeness (QED) is 0.808. The van der Waals surface area contributed by atoms with Gasteiger partial charge in [-0.1, -0.05) is 36.5 Å². The van der Waals surface area contributed by atoms with Gasteiger partial charge in [0.05, 0.1) is 0 Å². The lowest BCUT2D eigenvalue weighted by atomic mass is 9.88. The highest BCUT2D eigenvalue weighted by Crippen LogP contribution is 2.25. The van der Waals surface area contributed by atoms with E-state index in [-0.39, 0.29) is 0 Å². The van der Waals surface area contributed by atoms with Crippen LogP contribution in [-0.4, -0.2) is 31.1 Å². The Kier molecular flexibility index (Phi) is 5.69. The van der Waals surface area contributed by atoms with Crippen molar-refractivity contribution in [1.82, 2.24) is 4.90 Å². The van der Waals surface area contributed by atoms with E-state index in [0.29, 0.717) is 5.92 Å². The first-order chi connectivity index (χ1) is 8.88. The van der Waals surface area contributed by atoms with Crippen molar-refractivity contribution in [1.29, 1.82) is 0 Å². The van der Waals surface area contributed by atoms with Crippen LogP contribution in [-0.2, 0) is 0 Å². The zero-order valence-electron chi connectivity index (χ0n) is 11.3. The van der Waals surface area contributed by atoms with Gasteiger partial charge in [0.25, 0.3) is 0 Å². The number of nitrogens with zero attached hydrogens (tertiary/aromatic N) is 1.